The number of halogens is 1. The molecule has 16 heavy (non-hydrogen) atoms. The standard InChI is InChI=1S/C12H13ClN2O/c13-9-2-1-8-5-12(16)15(11(8)6-9)10-3-4-14-7-10/h1-2,6,10,14H,3-5,7H2. The maximum atomic E-state index is 12.0. The summed E-state index contributed by atoms with van der Waals surface area (Å²) in [5, 5.41) is 3.99. The number of amides is 1. The molecule has 0 bridgehead atoms. The van der Waals surface area contributed by atoms with Crippen LogP contribution in [0.5, 0.6) is 0 Å². The molecule has 0 spiro atoms. The number of hydrogen-bond acceptors (Lipinski definition) is 2. The zero-order valence-corrected chi connectivity index (χ0v) is 9.63. The van der Waals surface area contributed by atoms with Crippen molar-refractivity contribution in [2.75, 3.05) is 18.0 Å². The van der Waals surface area contributed by atoms with Crippen molar-refractivity contribution in [1.82, 2.24) is 5.32 Å². The second kappa shape index (κ2) is 3.75. The van der Waals surface area contributed by atoms with Gasteiger partial charge in [-0.2, -0.15) is 0 Å². The first-order valence-corrected chi connectivity index (χ1v) is 5.95. The highest BCUT2D eigenvalue weighted by Gasteiger charge is 2.34. The van der Waals surface area contributed by atoms with E-state index in [1.54, 1.807) is 0 Å². The minimum atomic E-state index is 0.200. The van der Waals surface area contributed by atoms with Gasteiger partial charge in [0.2, 0.25) is 5.91 Å². The minimum absolute atomic E-state index is 0.200. The molecule has 2 aliphatic rings. The first-order valence-electron chi connectivity index (χ1n) is 5.57. The van der Waals surface area contributed by atoms with E-state index in [1.165, 1.54) is 0 Å². The fourth-order valence-corrected chi connectivity index (χ4v) is 2.72. The molecular weight excluding hydrogens is 224 g/mol. The number of fused-ring (bicyclic) bond motifs is 1. The average Bonchev–Trinajstić information content (AvgIpc) is 2.83. The molecule has 0 saturated carbocycles. The number of carbonyl (C=O) groups is 1. The number of hydrogen-bond donors (Lipinski definition) is 1. The van der Waals surface area contributed by atoms with E-state index < -0.39 is 0 Å². The second-order valence-electron chi connectivity index (χ2n) is 4.36. The maximum Gasteiger partial charge on any atom is 0.231 e. The molecule has 1 N–H and O–H groups in total. The predicted octanol–water partition coefficient (Wildman–Crippen LogP) is 1.59. The Hall–Kier alpha value is -1.06. The van der Waals surface area contributed by atoms with Gasteiger partial charge in [-0.25, -0.2) is 0 Å². The van der Waals surface area contributed by atoms with E-state index in [0.29, 0.717) is 17.5 Å². The molecule has 0 aromatic heterocycles. The first kappa shape index (κ1) is 10.1. The summed E-state index contributed by atoms with van der Waals surface area (Å²) >= 11 is 5.99. The lowest BCUT2D eigenvalue weighted by molar-refractivity contribution is -0.117. The quantitative estimate of drug-likeness (QED) is 0.803. The number of rotatable bonds is 1. The van der Waals surface area contributed by atoms with E-state index in [2.05, 4.69) is 5.32 Å². The Bertz CT molecular complexity index is 441. The number of nitrogens with zero attached hydrogens (tertiary/aromatic N) is 1. The molecule has 0 radical (unpaired) electrons. The zero-order chi connectivity index (χ0) is 11.1. The maximum absolute atomic E-state index is 12.0. The molecule has 4 heteroatoms. The van der Waals surface area contributed by atoms with Crippen molar-refractivity contribution in [2.45, 2.75) is 18.9 Å². The van der Waals surface area contributed by atoms with Crippen LogP contribution in [0, 0.1) is 0 Å². The molecule has 1 fully saturated rings. The van der Waals surface area contributed by atoms with Gasteiger partial charge in [0.1, 0.15) is 0 Å². The van der Waals surface area contributed by atoms with Crippen LogP contribution in [0.4, 0.5) is 5.69 Å². The van der Waals surface area contributed by atoms with Gasteiger partial charge in [0.05, 0.1) is 12.5 Å². The fraction of sp³-hybridized carbons (Fsp3) is 0.417. The summed E-state index contributed by atoms with van der Waals surface area (Å²) in [6, 6.07) is 6.01. The summed E-state index contributed by atoms with van der Waals surface area (Å²) in [6.45, 7) is 1.88. The molecule has 1 saturated heterocycles. The summed E-state index contributed by atoms with van der Waals surface area (Å²) < 4.78 is 0. The highest BCUT2D eigenvalue weighted by molar-refractivity contribution is 6.31. The van der Waals surface area contributed by atoms with Crippen LogP contribution in [-0.2, 0) is 11.2 Å². The van der Waals surface area contributed by atoms with Crippen molar-refractivity contribution in [3.05, 3.63) is 28.8 Å². The molecule has 1 amide bonds. The lowest BCUT2D eigenvalue weighted by Crippen LogP contribution is -2.39. The topological polar surface area (TPSA) is 32.3 Å². The smallest absolute Gasteiger partial charge is 0.231 e. The number of nitrogens with one attached hydrogen (secondary N) is 1. The van der Waals surface area contributed by atoms with Gasteiger partial charge < -0.3 is 10.2 Å². The average molecular weight is 237 g/mol. The molecule has 1 atom stereocenters. The van der Waals surface area contributed by atoms with Crippen molar-refractivity contribution < 1.29 is 4.79 Å². The third-order valence-electron chi connectivity index (χ3n) is 3.32. The van der Waals surface area contributed by atoms with Crippen LogP contribution in [0.25, 0.3) is 0 Å². The Balaban J connectivity index is 2.00. The molecule has 2 heterocycles. The van der Waals surface area contributed by atoms with Crippen molar-refractivity contribution >= 4 is 23.2 Å². The van der Waals surface area contributed by atoms with E-state index in [0.717, 1.165) is 30.8 Å². The lowest BCUT2D eigenvalue weighted by Gasteiger charge is -2.24. The lowest BCUT2D eigenvalue weighted by atomic mass is 10.1. The predicted molar refractivity (Wildman–Crippen MR) is 63.9 cm³/mol. The minimum Gasteiger partial charge on any atom is -0.315 e. The number of carbonyl (C=O) groups excluding carboxylic acids is 1. The Labute approximate surface area is 99.4 Å². The third-order valence-corrected chi connectivity index (χ3v) is 3.55. The van der Waals surface area contributed by atoms with Gasteiger partial charge in [-0.1, -0.05) is 17.7 Å². The molecular formula is C12H13ClN2O. The fourth-order valence-electron chi connectivity index (χ4n) is 2.55. The second-order valence-corrected chi connectivity index (χ2v) is 4.80. The van der Waals surface area contributed by atoms with E-state index in [4.69, 9.17) is 11.6 Å². The van der Waals surface area contributed by atoms with Gasteiger partial charge in [-0.05, 0) is 30.7 Å². The van der Waals surface area contributed by atoms with Crippen LogP contribution < -0.4 is 10.2 Å². The number of anilines is 1. The van der Waals surface area contributed by atoms with Crippen LogP contribution in [0.2, 0.25) is 5.02 Å². The van der Waals surface area contributed by atoms with Gasteiger partial charge in [0.15, 0.2) is 0 Å². The molecule has 2 aliphatic heterocycles. The third kappa shape index (κ3) is 1.51. The van der Waals surface area contributed by atoms with Gasteiger partial charge in [-0.3, -0.25) is 4.79 Å². The van der Waals surface area contributed by atoms with E-state index in [-0.39, 0.29) is 5.91 Å². The summed E-state index contributed by atoms with van der Waals surface area (Å²) in [6.07, 6.45) is 1.54. The van der Waals surface area contributed by atoms with Crippen LogP contribution in [0.1, 0.15) is 12.0 Å². The highest BCUT2D eigenvalue weighted by Crippen LogP contribution is 2.34. The van der Waals surface area contributed by atoms with Gasteiger partial charge >= 0.3 is 0 Å². The molecule has 3 nitrogen and oxygen atoms in total. The van der Waals surface area contributed by atoms with Crippen LogP contribution in [0.15, 0.2) is 18.2 Å². The van der Waals surface area contributed by atoms with Crippen LogP contribution in [0.3, 0.4) is 0 Å². The first-order chi connectivity index (χ1) is 7.75. The van der Waals surface area contributed by atoms with Crippen molar-refractivity contribution in [2.24, 2.45) is 0 Å². The molecule has 84 valence electrons. The summed E-state index contributed by atoms with van der Waals surface area (Å²) in [5.41, 5.74) is 2.10. The van der Waals surface area contributed by atoms with Crippen LogP contribution >= 0.6 is 11.6 Å². The number of benzene rings is 1. The molecule has 1 aromatic rings. The van der Waals surface area contributed by atoms with Gasteiger partial charge in [0.25, 0.3) is 0 Å². The van der Waals surface area contributed by atoms with E-state index >= 15 is 0 Å². The molecule has 3 rings (SSSR count). The molecule has 1 unspecified atom stereocenters. The van der Waals surface area contributed by atoms with Crippen molar-refractivity contribution in [3.63, 3.8) is 0 Å². The molecule has 1 aromatic carbocycles. The normalized spacial score (nSPS) is 23.9. The Morgan fingerprint density at radius 1 is 1.44 bits per heavy atom. The molecule has 0 aliphatic carbocycles. The Kier molecular flexibility index (Phi) is 2.37. The van der Waals surface area contributed by atoms with Crippen molar-refractivity contribution in [3.8, 4) is 0 Å². The zero-order valence-electron chi connectivity index (χ0n) is 8.87. The summed E-state index contributed by atoms with van der Waals surface area (Å²) in [5.74, 6) is 0.200. The Morgan fingerprint density at radius 2 is 2.31 bits per heavy atom. The summed E-state index contributed by atoms with van der Waals surface area (Å²) in [4.78, 5) is 13.9. The Morgan fingerprint density at radius 3 is 3.06 bits per heavy atom. The van der Waals surface area contributed by atoms with Gasteiger partial charge in [-0.15, -0.1) is 0 Å². The van der Waals surface area contributed by atoms with E-state index in [1.807, 2.05) is 23.1 Å². The van der Waals surface area contributed by atoms with Crippen LogP contribution in [-0.4, -0.2) is 25.0 Å². The van der Waals surface area contributed by atoms with Gasteiger partial charge in [0, 0.05) is 17.3 Å². The monoisotopic (exact) mass is 236 g/mol. The summed E-state index contributed by atoms with van der Waals surface area (Å²) in [7, 11) is 0. The SMILES string of the molecule is O=C1Cc2ccc(Cl)cc2N1C1CCNC1. The van der Waals surface area contributed by atoms with Crippen molar-refractivity contribution in [1.29, 1.82) is 0 Å². The largest absolute Gasteiger partial charge is 0.315 e. The van der Waals surface area contributed by atoms with E-state index in [9.17, 15) is 4.79 Å². The highest BCUT2D eigenvalue weighted by atomic mass is 35.5.